The number of carbonyl (C=O) groups excluding carboxylic acids is 1. The fourth-order valence-corrected chi connectivity index (χ4v) is 10.9. The van der Waals surface area contributed by atoms with Gasteiger partial charge >= 0.3 is 0 Å². The zero-order valence-corrected chi connectivity index (χ0v) is 23.6. The highest BCUT2D eigenvalue weighted by atomic mass is 32.2. The Morgan fingerprint density at radius 3 is 2.61 bits per heavy atom. The molecule has 38 heavy (non-hydrogen) atoms. The van der Waals surface area contributed by atoms with E-state index in [4.69, 9.17) is 0 Å². The molecule has 1 aromatic carbocycles. The average molecular weight is 536 g/mol. The van der Waals surface area contributed by atoms with Gasteiger partial charge in [-0.2, -0.15) is 0 Å². The highest BCUT2D eigenvalue weighted by molar-refractivity contribution is 7.89. The minimum Gasteiger partial charge on any atom is -0.353 e. The summed E-state index contributed by atoms with van der Waals surface area (Å²) in [6.45, 7) is 5.67. The van der Waals surface area contributed by atoms with Gasteiger partial charge < -0.3 is 5.32 Å². The van der Waals surface area contributed by atoms with Crippen molar-refractivity contribution in [3.63, 3.8) is 0 Å². The summed E-state index contributed by atoms with van der Waals surface area (Å²) in [7, 11) is -3.46. The number of hydrogen-bond donors (Lipinski definition) is 1. The summed E-state index contributed by atoms with van der Waals surface area (Å²) in [4.78, 5) is 17.2. The maximum absolute atomic E-state index is 14.0. The molecule has 3 aliphatic carbocycles. The summed E-state index contributed by atoms with van der Waals surface area (Å²) >= 11 is 0. The number of sulfonamides is 1. The molecule has 2 saturated carbocycles. The fraction of sp³-hybridized carbons (Fsp3) is 0.613. The second kappa shape index (κ2) is 9.44. The first-order valence-electron chi connectivity index (χ1n) is 14.4. The number of carbonyl (C=O) groups is 1. The molecule has 1 N–H and O–H groups in total. The van der Waals surface area contributed by atoms with E-state index in [0.717, 1.165) is 50.5 Å². The van der Waals surface area contributed by atoms with E-state index in [0.29, 0.717) is 31.8 Å². The average Bonchev–Trinajstić information content (AvgIpc) is 3.45. The summed E-state index contributed by atoms with van der Waals surface area (Å²) in [6.07, 6.45) is 11.4. The van der Waals surface area contributed by atoms with Crippen LogP contribution in [0.1, 0.15) is 75.5 Å². The summed E-state index contributed by atoms with van der Waals surface area (Å²) in [5, 5.41) is 3.31. The van der Waals surface area contributed by atoms with Crippen molar-refractivity contribution in [2.24, 2.45) is 16.7 Å². The lowest BCUT2D eigenvalue weighted by molar-refractivity contribution is -0.122. The molecule has 2 heterocycles. The van der Waals surface area contributed by atoms with Crippen molar-refractivity contribution in [2.75, 3.05) is 18.8 Å². The molecule has 3 fully saturated rings. The van der Waals surface area contributed by atoms with Gasteiger partial charge in [0.2, 0.25) is 15.9 Å². The molecule has 4 aliphatic rings. The van der Waals surface area contributed by atoms with E-state index in [1.54, 1.807) is 16.7 Å². The number of nitrogens with one attached hydrogen (secondary N) is 1. The topological polar surface area (TPSA) is 79.4 Å². The molecule has 6 rings (SSSR count). The Balaban J connectivity index is 1.15. The van der Waals surface area contributed by atoms with Crippen LogP contribution in [-0.4, -0.2) is 48.5 Å². The molecule has 2 aromatic rings. The molecule has 6 nitrogen and oxygen atoms in total. The van der Waals surface area contributed by atoms with E-state index in [1.165, 1.54) is 11.1 Å². The van der Waals surface area contributed by atoms with Gasteiger partial charge in [0.15, 0.2) is 0 Å². The highest BCUT2D eigenvalue weighted by Gasteiger charge is 2.66. The van der Waals surface area contributed by atoms with Gasteiger partial charge in [-0.25, -0.2) is 12.7 Å². The molecule has 2 bridgehead atoms. The zero-order chi connectivity index (χ0) is 26.6. The lowest BCUT2D eigenvalue weighted by atomic mass is 9.69. The summed E-state index contributed by atoms with van der Waals surface area (Å²) in [6, 6.07) is 12.5. The molecule has 3 atom stereocenters. The number of benzene rings is 1. The summed E-state index contributed by atoms with van der Waals surface area (Å²) < 4.78 is 29.8. The minimum atomic E-state index is -3.46. The molecule has 1 saturated heterocycles. The number of piperidine rings is 1. The number of pyridine rings is 1. The minimum absolute atomic E-state index is 0.0128. The van der Waals surface area contributed by atoms with Crippen molar-refractivity contribution in [3.05, 3.63) is 65.5 Å². The molecule has 204 valence electrons. The normalized spacial score (nSPS) is 29.4. The van der Waals surface area contributed by atoms with Gasteiger partial charge in [0.25, 0.3) is 0 Å². The van der Waals surface area contributed by atoms with Crippen molar-refractivity contribution in [3.8, 4) is 0 Å². The quantitative estimate of drug-likeness (QED) is 0.561. The number of nitrogens with zero attached hydrogens (tertiary/aromatic N) is 2. The SMILES string of the molecule is CC1(C)[C@@H]2CC[C@@]1(CS(=O)(=O)N1CCC3(CCc4ccccc43)CC1)[C@@H](NC(=O)CCc1cccnc1)C2. The van der Waals surface area contributed by atoms with Crippen molar-refractivity contribution in [2.45, 2.75) is 83.1 Å². The van der Waals surface area contributed by atoms with Crippen LogP contribution >= 0.6 is 0 Å². The molecule has 1 amide bonds. The van der Waals surface area contributed by atoms with E-state index in [-0.39, 0.29) is 28.5 Å². The molecule has 1 aliphatic heterocycles. The Morgan fingerprint density at radius 2 is 1.87 bits per heavy atom. The maximum atomic E-state index is 14.0. The predicted octanol–water partition coefficient (Wildman–Crippen LogP) is 4.64. The van der Waals surface area contributed by atoms with E-state index in [2.05, 4.69) is 48.4 Å². The van der Waals surface area contributed by atoms with Crippen LogP contribution in [0.25, 0.3) is 0 Å². The third-order valence-electron chi connectivity index (χ3n) is 11.1. The van der Waals surface area contributed by atoms with Crippen LogP contribution in [0, 0.1) is 16.7 Å². The van der Waals surface area contributed by atoms with Gasteiger partial charge in [0.05, 0.1) is 5.75 Å². The summed E-state index contributed by atoms with van der Waals surface area (Å²) in [5.41, 5.74) is 3.52. The number of amides is 1. The first kappa shape index (κ1) is 26.0. The van der Waals surface area contributed by atoms with Crippen molar-refractivity contribution < 1.29 is 13.2 Å². The number of hydrogen-bond acceptors (Lipinski definition) is 4. The Bertz CT molecular complexity index is 1300. The first-order valence-corrected chi connectivity index (χ1v) is 16.0. The molecule has 0 radical (unpaired) electrons. The predicted molar refractivity (Wildman–Crippen MR) is 149 cm³/mol. The smallest absolute Gasteiger partial charge is 0.220 e. The highest BCUT2D eigenvalue weighted by Crippen LogP contribution is 2.66. The number of aromatic nitrogens is 1. The molecule has 7 heteroatoms. The van der Waals surface area contributed by atoms with Crippen LogP contribution in [-0.2, 0) is 33.1 Å². The van der Waals surface area contributed by atoms with Gasteiger partial charge in [-0.1, -0.05) is 44.2 Å². The van der Waals surface area contributed by atoms with Crippen LogP contribution in [0.3, 0.4) is 0 Å². The van der Waals surface area contributed by atoms with E-state index < -0.39 is 15.4 Å². The van der Waals surface area contributed by atoms with Crippen molar-refractivity contribution >= 4 is 15.9 Å². The van der Waals surface area contributed by atoms with E-state index in [9.17, 15) is 13.2 Å². The van der Waals surface area contributed by atoms with Crippen molar-refractivity contribution in [1.82, 2.24) is 14.6 Å². The Hall–Kier alpha value is -2.25. The Morgan fingerprint density at radius 1 is 1.08 bits per heavy atom. The maximum Gasteiger partial charge on any atom is 0.220 e. The van der Waals surface area contributed by atoms with Gasteiger partial charge in [-0.15, -0.1) is 0 Å². The van der Waals surface area contributed by atoms with Gasteiger partial charge in [0.1, 0.15) is 0 Å². The van der Waals surface area contributed by atoms with Crippen LogP contribution in [0.2, 0.25) is 0 Å². The van der Waals surface area contributed by atoms with Gasteiger partial charge in [-0.05, 0) is 90.9 Å². The zero-order valence-electron chi connectivity index (χ0n) is 22.8. The molecule has 1 aromatic heterocycles. The molecular formula is C31H41N3O3S. The van der Waals surface area contributed by atoms with Gasteiger partial charge in [0, 0.05) is 43.4 Å². The molecule has 0 unspecified atom stereocenters. The number of aryl methyl sites for hydroxylation is 2. The Labute approximate surface area is 227 Å². The summed E-state index contributed by atoms with van der Waals surface area (Å²) in [5.74, 6) is 0.598. The number of fused-ring (bicyclic) bond motifs is 4. The van der Waals surface area contributed by atoms with Crippen LogP contribution in [0.5, 0.6) is 0 Å². The standard InChI is InChI=1S/C31H41N3O3S/c1-29(2)25-12-14-31(29,27(20-25)33-28(35)10-9-23-6-5-17-32-21-23)22-38(36,37)34-18-15-30(16-19-34)13-11-24-7-3-4-8-26(24)30/h3-8,17,21,25,27H,9-16,18-20,22H2,1-2H3,(H,33,35)/t25-,27+,31-/m1/s1. The largest absolute Gasteiger partial charge is 0.353 e. The molecular weight excluding hydrogens is 494 g/mol. The van der Waals surface area contributed by atoms with Crippen LogP contribution in [0.4, 0.5) is 0 Å². The van der Waals surface area contributed by atoms with Gasteiger partial charge in [-0.3, -0.25) is 9.78 Å². The lowest BCUT2D eigenvalue weighted by Crippen LogP contribution is -2.55. The fourth-order valence-electron chi connectivity index (χ4n) is 8.59. The monoisotopic (exact) mass is 535 g/mol. The molecule has 1 spiro atoms. The van der Waals surface area contributed by atoms with Crippen molar-refractivity contribution in [1.29, 1.82) is 0 Å². The van der Waals surface area contributed by atoms with Crippen LogP contribution in [0.15, 0.2) is 48.8 Å². The van der Waals surface area contributed by atoms with Crippen LogP contribution < -0.4 is 5.32 Å². The second-order valence-corrected chi connectivity index (χ2v) is 14.9. The van der Waals surface area contributed by atoms with E-state index in [1.807, 2.05) is 12.1 Å². The first-order chi connectivity index (χ1) is 18.2. The second-order valence-electron chi connectivity index (χ2n) is 12.9. The Kier molecular flexibility index (Phi) is 6.46. The third kappa shape index (κ3) is 4.21. The number of rotatable bonds is 7. The lowest BCUT2D eigenvalue weighted by Gasteiger charge is -2.45. The van der Waals surface area contributed by atoms with E-state index >= 15 is 0 Å². The third-order valence-corrected chi connectivity index (χ3v) is 13.1.